The minimum atomic E-state index is -3.71. The van der Waals surface area contributed by atoms with Crippen LogP contribution in [-0.2, 0) is 14.8 Å². The van der Waals surface area contributed by atoms with Gasteiger partial charge in [0.25, 0.3) is 10.0 Å². The summed E-state index contributed by atoms with van der Waals surface area (Å²) in [4.78, 5) is 17.3. The largest absolute Gasteiger partial charge is 0.326 e. The average molecular weight is 452 g/mol. The number of fused-ring (bicyclic) bond motifs is 1. The van der Waals surface area contributed by atoms with Gasteiger partial charge in [0.1, 0.15) is 0 Å². The van der Waals surface area contributed by atoms with Gasteiger partial charge in [0, 0.05) is 5.69 Å². The van der Waals surface area contributed by atoms with E-state index >= 15 is 0 Å². The molecule has 1 heterocycles. The van der Waals surface area contributed by atoms with Crippen molar-refractivity contribution in [2.75, 3.05) is 10.0 Å². The molecule has 1 atom stereocenters. The van der Waals surface area contributed by atoms with Crippen molar-refractivity contribution in [2.24, 2.45) is 0 Å². The molecule has 0 aliphatic rings. The summed E-state index contributed by atoms with van der Waals surface area (Å²) in [5.41, 5.74) is 2.27. The zero-order valence-electron chi connectivity index (χ0n) is 16.8. The second-order valence-electron chi connectivity index (χ2n) is 6.98. The SMILES string of the molecule is CC[C@H](C(=O)Nc1ccc2nc(NS(=O)(=O)c3ccccc3)sc2c1)c1ccccc1. The van der Waals surface area contributed by atoms with Crippen LogP contribution in [0.5, 0.6) is 0 Å². The van der Waals surface area contributed by atoms with E-state index in [4.69, 9.17) is 0 Å². The number of sulfonamides is 1. The molecule has 2 N–H and O–H groups in total. The molecule has 0 saturated heterocycles. The molecule has 0 spiro atoms. The lowest BCUT2D eigenvalue weighted by atomic mass is 9.95. The topological polar surface area (TPSA) is 88.2 Å². The number of nitrogens with zero attached hydrogens (tertiary/aromatic N) is 1. The quantitative estimate of drug-likeness (QED) is 0.403. The van der Waals surface area contributed by atoms with Crippen LogP contribution in [0.3, 0.4) is 0 Å². The Morgan fingerprint density at radius 2 is 1.68 bits per heavy atom. The van der Waals surface area contributed by atoms with Crippen molar-refractivity contribution in [3.8, 4) is 0 Å². The third-order valence-electron chi connectivity index (χ3n) is 4.86. The van der Waals surface area contributed by atoms with Gasteiger partial charge in [-0.3, -0.25) is 9.52 Å². The number of rotatable bonds is 7. The number of carbonyl (C=O) groups excluding carboxylic acids is 1. The van der Waals surface area contributed by atoms with Gasteiger partial charge >= 0.3 is 0 Å². The third kappa shape index (κ3) is 4.76. The van der Waals surface area contributed by atoms with Crippen LogP contribution in [0.4, 0.5) is 10.8 Å². The molecule has 0 aliphatic heterocycles. The normalized spacial score (nSPS) is 12.4. The van der Waals surface area contributed by atoms with Crippen LogP contribution in [0.25, 0.3) is 10.2 Å². The predicted molar refractivity (Wildman–Crippen MR) is 125 cm³/mol. The average Bonchev–Trinajstić information content (AvgIpc) is 3.16. The Hall–Kier alpha value is -3.23. The molecule has 0 aliphatic carbocycles. The number of nitrogens with one attached hydrogen (secondary N) is 2. The molecule has 0 radical (unpaired) electrons. The number of thiazole rings is 1. The van der Waals surface area contributed by atoms with Crippen LogP contribution in [0.1, 0.15) is 24.8 Å². The second-order valence-corrected chi connectivity index (χ2v) is 9.69. The van der Waals surface area contributed by atoms with Crippen molar-refractivity contribution >= 4 is 48.3 Å². The molecule has 6 nitrogen and oxygen atoms in total. The molecule has 0 bridgehead atoms. The van der Waals surface area contributed by atoms with Gasteiger partial charge < -0.3 is 5.32 Å². The Morgan fingerprint density at radius 3 is 2.35 bits per heavy atom. The zero-order valence-corrected chi connectivity index (χ0v) is 18.4. The highest BCUT2D eigenvalue weighted by atomic mass is 32.2. The first kappa shape index (κ1) is 21.0. The number of hydrogen-bond donors (Lipinski definition) is 2. The molecule has 8 heteroatoms. The highest BCUT2D eigenvalue weighted by Crippen LogP contribution is 2.30. The smallest absolute Gasteiger partial charge is 0.263 e. The van der Waals surface area contributed by atoms with Gasteiger partial charge in [-0.2, -0.15) is 0 Å². The maximum absolute atomic E-state index is 12.8. The monoisotopic (exact) mass is 451 g/mol. The van der Waals surface area contributed by atoms with E-state index in [9.17, 15) is 13.2 Å². The lowest BCUT2D eigenvalue weighted by Crippen LogP contribution is -2.20. The van der Waals surface area contributed by atoms with Crippen LogP contribution in [0, 0.1) is 0 Å². The summed E-state index contributed by atoms with van der Waals surface area (Å²) >= 11 is 1.22. The fourth-order valence-electron chi connectivity index (χ4n) is 3.31. The van der Waals surface area contributed by atoms with E-state index in [0.29, 0.717) is 17.6 Å². The Bertz CT molecular complexity index is 1300. The van der Waals surface area contributed by atoms with Gasteiger partial charge in [0.15, 0.2) is 5.13 Å². The first-order valence-corrected chi connectivity index (χ1v) is 12.1. The van der Waals surface area contributed by atoms with E-state index < -0.39 is 10.0 Å². The van der Waals surface area contributed by atoms with Gasteiger partial charge in [-0.05, 0) is 42.3 Å². The molecular weight excluding hydrogens is 430 g/mol. The maximum atomic E-state index is 12.8. The molecule has 1 aromatic heterocycles. The van der Waals surface area contributed by atoms with Crippen LogP contribution >= 0.6 is 11.3 Å². The third-order valence-corrected chi connectivity index (χ3v) is 7.28. The highest BCUT2D eigenvalue weighted by molar-refractivity contribution is 7.93. The van der Waals surface area contributed by atoms with Crippen LogP contribution < -0.4 is 10.0 Å². The van der Waals surface area contributed by atoms with E-state index in [1.807, 2.05) is 43.3 Å². The van der Waals surface area contributed by atoms with Crippen molar-refractivity contribution in [3.63, 3.8) is 0 Å². The zero-order chi connectivity index (χ0) is 21.8. The minimum Gasteiger partial charge on any atom is -0.326 e. The Balaban J connectivity index is 1.53. The number of carbonyl (C=O) groups is 1. The summed E-state index contributed by atoms with van der Waals surface area (Å²) in [5, 5.41) is 3.24. The highest BCUT2D eigenvalue weighted by Gasteiger charge is 2.19. The standard InChI is InChI=1S/C23H21N3O3S2/c1-2-19(16-9-5-3-6-10-16)22(27)24-17-13-14-20-21(15-17)30-23(25-20)26-31(28,29)18-11-7-4-8-12-18/h3-15,19H,2H2,1H3,(H,24,27)(H,25,26)/t19-/m0/s1. The fraction of sp³-hybridized carbons (Fsp3) is 0.130. The molecule has 31 heavy (non-hydrogen) atoms. The van der Waals surface area contributed by atoms with Crippen molar-refractivity contribution < 1.29 is 13.2 Å². The van der Waals surface area contributed by atoms with E-state index in [-0.39, 0.29) is 21.9 Å². The van der Waals surface area contributed by atoms with Crippen molar-refractivity contribution in [2.45, 2.75) is 24.2 Å². The first-order valence-electron chi connectivity index (χ1n) is 9.80. The summed E-state index contributed by atoms with van der Waals surface area (Å²) in [6.07, 6.45) is 0.685. The summed E-state index contributed by atoms with van der Waals surface area (Å²) in [7, 11) is -3.71. The van der Waals surface area contributed by atoms with Gasteiger partial charge in [-0.15, -0.1) is 0 Å². The molecule has 3 aromatic carbocycles. The molecule has 158 valence electrons. The number of aromatic nitrogens is 1. The lowest BCUT2D eigenvalue weighted by molar-refractivity contribution is -0.117. The molecule has 4 rings (SSSR count). The molecule has 0 fully saturated rings. The summed E-state index contributed by atoms with van der Waals surface area (Å²) in [6.45, 7) is 1.98. The summed E-state index contributed by atoms with van der Waals surface area (Å²) < 4.78 is 28.4. The van der Waals surface area contributed by atoms with E-state index in [1.54, 1.807) is 30.3 Å². The maximum Gasteiger partial charge on any atom is 0.263 e. The molecular formula is C23H21N3O3S2. The number of benzene rings is 3. The van der Waals surface area contributed by atoms with E-state index in [0.717, 1.165) is 10.3 Å². The van der Waals surface area contributed by atoms with Crippen LogP contribution in [-0.4, -0.2) is 19.3 Å². The van der Waals surface area contributed by atoms with Crippen LogP contribution in [0.15, 0.2) is 83.8 Å². The van der Waals surface area contributed by atoms with Gasteiger partial charge in [0.05, 0.1) is 21.0 Å². The van der Waals surface area contributed by atoms with E-state index in [2.05, 4.69) is 15.0 Å². The predicted octanol–water partition coefficient (Wildman–Crippen LogP) is 5.23. The number of anilines is 2. The Labute approximate surface area is 185 Å². The van der Waals surface area contributed by atoms with Crippen molar-refractivity contribution in [1.29, 1.82) is 0 Å². The molecule has 0 unspecified atom stereocenters. The lowest BCUT2D eigenvalue weighted by Gasteiger charge is -2.15. The fourth-order valence-corrected chi connectivity index (χ4v) is 5.47. The van der Waals surface area contributed by atoms with Gasteiger partial charge in [-0.25, -0.2) is 13.4 Å². The first-order chi connectivity index (χ1) is 15.0. The van der Waals surface area contributed by atoms with Crippen molar-refractivity contribution in [1.82, 2.24) is 4.98 Å². The molecule has 1 amide bonds. The Kier molecular flexibility index (Phi) is 6.01. The Morgan fingerprint density at radius 1 is 1.00 bits per heavy atom. The summed E-state index contributed by atoms with van der Waals surface area (Å²) in [6, 6.07) is 23.2. The second kappa shape index (κ2) is 8.87. The molecule has 4 aromatic rings. The van der Waals surface area contributed by atoms with Gasteiger partial charge in [-0.1, -0.05) is 66.8 Å². The minimum absolute atomic E-state index is 0.0810. The van der Waals surface area contributed by atoms with Crippen molar-refractivity contribution in [3.05, 3.63) is 84.4 Å². The van der Waals surface area contributed by atoms with Crippen LogP contribution in [0.2, 0.25) is 0 Å². The van der Waals surface area contributed by atoms with Gasteiger partial charge in [0.2, 0.25) is 5.91 Å². The number of amides is 1. The molecule has 0 saturated carbocycles. The number of hydrogen-bond acceptors (Lipinski definition) is 5. The summed E-state index contributed by atoms with van der Waals surface area (Å²) in [5.74, 6) is -0.325. The van der Waals surface area contributed by atoms with E-state index in [1.165, 1.54) is 23.5 Å².